The molecule has 2 aromatic heterocycles. The van der Waals surface area contributed by atoms with E-state index in [2.05, 4.69) is 15.3 Å². The number of fused-ring (bicyclic) bond motifs is 1. The molecule has 1 amide bonds. The predicted molar refractivity (Wildman–Crippen MR) is 122 cm³/mol. The Morgan fingerprint density at radius 3 is 2.66 bits per heavy atom. The highest BCUT2D eigenvalue weighted by Gasteiger charge is 2.22. The van der Waals surface area contributed by atoms with Crippen molar-refractivity contribution < 1.29 is 14.3 Å². The number of nitrogens with one attached hydrogen (secondary N) is 3. The van der Waals surface area contributed by atoms with Crippen LogP contribution in [0.4, 0.5) is 0 Å². The zero-order valence-corrected chi connectivity index (χ0v) is 17.6. The van der Waals surface area contributed by atoms with Gasteiger partial charge in [0, 0.05) is 23.3 Å². The highest BCUT2D eigenvalue weighted by Crippen LogP contribution is 2.37. The van der Waals surface area contributed by atoms with Crippen molar-refractivity contribution in [2.45, 2.75) is 19.4 Å². The van der Waals surface area contributed by atoms with Gasteiger partial charge in [0.25, 0.3) is 11.5 Å². The van der Waals surface area contributed by atoms with Crippen LogP contribution in [0.5, 0.6) is 11.5 Å². The van der Waals surface area contributed by atoms with Gasteiger partial charge in [0.1, 0.15) is 17.2 Å². The fourth-order valence-electron chi connectivity index (χ4n) is 4.07. The van der Waals surface area contributed by atoms with Crippen LogP contribution in [0.15, 0.2) is 65.5 Å². The van der Waals surface area contributed by atoms with E-state index in [1.165, 1.54) is 0 Å². The first-order valence-corrected chi connectivity index (χ1v) is 10.6. The van der Waals surface area contributed by atoms with Crippen molar-refractivity contribution in [2.75, 3.05) is 13.2 Å². The summed E-state index contributed by atoms with van der Waals surface area (Å²) in [6.07, 6.45) is 0.761. The maximum Gasteiger partial charge on any atom is 0.268 e. The van der Waals surface area contributed by atoms with Gasteiger partial charge in [-0.15, -0.1) is 0 Å². The number of amides is 1. The van der Waals surface area contributed by atoms with Crippen LogP contribution in [0.2, 0.25) is 0 Å². The topological polar surface area (TPSA) is 96.2 Å². The zero-order valence-electron chi connectivity index (χ0n) is 17.6. The Balaban J connectivity index is 1.59. The lowest BCUT2D eigenvalue weighted by molar-refractivity contribution is 0.0925. The van der Waals surface area contributed by atoms with Gasteiger partial charge in [-0.3, -0.25) is 9.59 Å². The van der Waals surface area contributed by atoms with Crippen molar-refractivity contribution in [2.24, 2.45) is 0 Å². The van der Waals surface area contributed by atoms with Crippen molar-refractivity contribution in [1.82, 2.24) is 15.3 Å². The Hall–Kier alpha value is -3.84. The molecule has 1 aliphatic rings. The van der Waals surface area contributed by atoms with Crippen LogP contribution < -0.4 is 15.6 Å². The Morgan fingerprint density at radius 2 is 1.88 bits per heavy atom. The lowest BCUT2D eigenvalue weighted by Crippen LogP contribution is -2.36. The number of hydrogen-bond donors (Lipinski definition) is 3. The van der Waals surface area contributed by atoms with Gasteiger partial charge in [-0.1, -0.05) is 30.3 Å². The average molecular weight is 429 g/mol. The molecule has 0 radical (unpaired) electrons. The van der Waals surface area contributed by atoms with E-state index >= 15 is 0 Å². The number of hydrogen-bond acceptors (Lipinski definition) is 4. The number of carbonyl (C=O) groups is 1. The number of benzene rings is 2. The minimum atomic E-state index is -0.321. The van der Waals surface area contributed by atoms with Crippen LogP contribution in [-0.4, -0.2) is 35.1 Å². The summed E-state index contributed by atoms with van der Waals surface area (Å²) < 4.78 is 11.4. The third-order valence-corrected chi connectivity index (χ3v) is 5.63. The Kier molecular flexibility index (Phi) is 5.25. The standard InChI is InChI=1S/C25H23N3O4/c1-15-22-19(13-20(28-25(22)30)24(29)27-16-11-12-31-14-16)23(26-15)18-9-5-6-10-21(18)32-17-7-3-2-4-8-17/h2-10,13,16,26H,11-12,14H2,1H3,(H,27,29)(H,28,30). The van der Waals surface area contributed by atoms with Crippen LogP contribution in [0.25, 0.3) is 22.0 Å². The van der Waals surface area contributed by atoms with Crippen molar-refractivity contribution in [3.8, 4) is 22.8 Å². The van der Waals surface area contributed by atoms with Gasteiger partial charge in [-0.25, -0.2) is 0 Å². The summed E-state index contributed by atoms with van der Waals surface area (Å²) in [6, 6.07) is 18.8. The second-order valence-corrected chi connectivity index (χ2v) is 7.87. The molecule has 162 valence electrons. The van der Waals surface area contributed by atoms with Gasteiger partial charge in [0.2, 0.25) is 0 Å². The van der Waals surface area contributed by atoms with Crippen LogP contribution in [0, 0.1) is 6.92 Å². The molecule has 1 fully saturated rings. The van der Waals surface area contributed by atoms with Crippen LogP contribution in [0.1, 0.15) is 22.6 Å². The fraction of sp³-hybridized carbons (Fsp3) is 0.200. The maximum absolute atomic E-state index is 12.9. The summed E-state index contributed by atoms with van der Waals surface area (Å²) in [5, 5.41) is 4.12. The number of carbonyl (C=O) groups excluding carboxylic acids is 1. The van der Waals surface area contributed by atoms with Crippen molar-refractivity contribution >= 4 is 16.7 Å². The lowest BCUT2D eigenvalue weighted by atomic mass is 10.1. The van der Waals surface area contributed by atoms with Crippen LogP contribution in [-0.2, 0) is 4.74 Å². The summed E-state index contributed by atoms with van der Waals surface area (Å²) in [6.45, 7) is 2.95. The molecule has 7 nitrogen and oxygen atoms in total. The lowest BCUT2D eigenvalue weighted by Gasteiger charge is -2.12. The molecule has 1 aliphatic heterocycles. The summed E-state index contributed by atoms with van der Waals surface area (Å²) in [5.41, 5.74) is 2.17. The van der Waals surface area contributed by atoms with Gasteiger partial charge < -0.3 is 24.8 Å². The van der Waals surface area contributed by atoms with Crippen molar-refractivity contribution in [3.63, 3.8) is 0 Å². The summed E-state index contributed by atoms with van der Waals surface area (Å²) in [7, 11) is 0. The quantitative estimate of drug-likeness (QED) is 0.444. The monoisotopic (exact) mass is 429 g/mol. The normalized spacial score (nSPS) is 15.7. The molecule has 3 N–H and O–H groups in total. The summed E-state index contributed by atoms with van der Waals surface area (Å²) in [4.78, 5) is 31.7. The number of para-hydroxylation sites is 2. The number of aromatic amines is 2. The van der Waals surface area contributed by atoms with Gasteiger partial charge in [0.15, 0.2) is 0 Å². The maximum atomic E-state index is 12.9. The summed E-state index contributed by atoms with van der Waals surface area (Å²) in [5.74, 6) is 1.04. The SMILES string of the molecule is Cc1[nH]c(-c2ccccc2Oc2ccccc2)c2cc(C(=O)NC3CCOC3)[nH]c(=O)c12. The molecule has 32 heavy (non-hydrogen) atoms. The predicted octanol–water partition coefficient (Wildman–Crippen LogP) is 4.14. The average Bonchev–Trinajstić information content (AvgIpc) is 3.42. The minimum absolute atomic E-state index is 0.0471. The molecule has 0 aliphatic carbocycles. The van der Waals surface area contributed by atoms with Gasteiger partial charge in [-0.2, -0.15) is 0 Å². The number of H-pyrrole nitrogens is 2. The van der Waals surface area contributed by atoms with E-state index in [1.807, 2.05) is 61.5 Å². The Labute approximate surface area is 184 Å². The molecule has 1 saturated heterocycles. The Morgan fingerprint density at radius 1 is 1.09 bits per heavy atom. The highest BCUT2D eigenvalue weighted by molar-refractivity contribution is 6.03. The van der Waals surface area contributed by atoms with E-state index in [9.17, 15) is 9.59 Å². The van der Waals surface area contributed by atoms with Crippen LogP contribution >= 0.6 is 0 Å². The van der Waals surface area contributed by atoms with E-state index < -0.39 is 0 Å². The number of pyridine rings is 1. The van der Waals surface area contributed by atoms with E-state index in [0.717, 1.165) is 23.4 Å². The second kappa shape index (κ2) is 8.36. The molecule has 5 rings (SSSR count). The molecule has 2 aromatic carbocycles. The van der Waals surface area contributed by atoms with E-state index in [1.54, 1.807) is 6.07 Å². The molecular formula is C25H23N3O4. The fourth-order valence-corrected chi connectivity index (χ4v) is 4.07. The van der Waals surface area contributed by atoms with Crippen LogP contribution in [0.3, 0.4) is 0 Å². The van der Waals surface area contributed by atoms with Gasteiger partial charge >= 0.3 is 0 Å². The zero-order chi connectivity index (χ0) is 22.1. The smallest absolute Gasteiger partial charge is 0.268 e. The first-order valence-electron chi connectivity index (χ1n) is 10.6. The molecule has 0 bridgehead atoms. The highest BCUT2D eigenvalue weighted by atomic mass is 16.5. The largest absolute Gasteiger partial charge is 0.457 e. The number of ether oxygens (including phenoxy) is 2. The summed E-state index contributed by atoms with van der Waals surface area (Å²) >= 11 is 0. The second-order valence-electron chi connectivity index (χ2n) is 7.87. The third-order valence-electron chi connectivity index (χ3n) is 5.63. The van der Waals surface area contributed by atoms with Crippen molar-refractivity contribution in [3.05, 3.63) is 82.4 Å². The number of aryl methyl sites for hydroxylation is 1. The molecule has 4 aromatic rings. The molecule has 7 heteroatoms. The van der Waals surface area contributed by atoms with E-state index in [-0.39, 0.29) is 23.2 Å². The van der Waals surface area contributed by atoms with Crippen molar-refractivity contribution in [1.29, 1.82) is 0 Å². The molecule has 0 spiro atoms. The van der Waals surface area contributed by atoms with Gasteiger partial charge in [0.05, 0.1) is 23.7 Å². The third kappa shape index (κ3) is 3.78. The number of aromatic nitrogens is 2. The molecule has 0 saturated carbocycles. The molecule has 1 unspecified atom stereocenters. The van der Waals surface area contributed by atoms with E-state index in [0.29, 0.717) is 35.5 Å². The first kappa shape index (κ1) is 20.1. The van der Waals surface area contributed by atoms with Gasteiger partial charge in [-0.05, 0) is 43.7 Å². The molecular weight excluding hydrogens is 406 g/mol. The minimum Gasteiger partial charge on any atom is -0.457 e. The molecule has 3 heterocycles. The number of rotatable bonds is 5. The Bertz CT molecular complexity index is 1330. The first-order chi connectivity index (χ1) is 15.6. The molecule has 1 atom stereocenters. The van der Waals surface area contributed by atoms with E-state index in [4.69, 9.17) is 9.47 Å².